The van der Waals surface area contributed by atoms with E-state index in [0.29, 0.717) is 6.42 Å². The van der Waals surface area contributed by atoms with Gasteiger partial charge in [-0.1, -0.05) is 11.6 Å². The normalized spacial score (nSPS) is 37.6. The van der Waals surface area contributed by atoms with E-state index in [1.54, 1.807) is 6.08 Å². The fourth-order valence-electron chi connectivity index (χ4n) is 0.921. The van der Waals surface area contributed by atoms with Gasteiger partial charge < -0.3 is 10.2 Å². The fourth-order valence-corrected chi connectivity index (χ4v) is 0.921. The summed E-state index contributed by atoms with van der Waals surface area (Å²) in [7, 11) is 0. The number of hydrogen-bond donors (Lipinski definition) is 2. The number of hydrogen-bond acceptors (Lipinski definition) is 2. The van der Waals surface area contributed by atoms with Gasteiger partial charge in [-0.2, -0.15) is 0 Å². The van der Waals surface area contributed by atoms with Gasteiger partial charge in [0, 0.05) is 0 Å². The third kappa shape index (κ3) is 0.904. The van der Waals surface area contributed by atoms with E-state index in [-0.39, 0.29) is 0 Å². The van der Waals surface area contributed by atoms with Crippen molar-refractivity contribution in [1.82, 2.24) is 0 Å². The van der Waals surface area contributed by atoms with E-state index in [2.05, 4.69) is 0 Å². The van der Waals surface area contributed by atoms with Crippen LogP contribution in [0.3, 0.4) is 0 Å². The van der Waals surface area contributed by atoms with Crippen molar-refractivity contribution in [2.45, 2.75) is 25.6 Å². The maximum Gasteiger partial charge on any atom is 0.0985 e. The second-order valence-electron chi connectivity index (χ2n) is 2.28. The number of rotatable bonds is 0. The second-order valence-corrected chi connectivity index (χ2v) is 2.28. The van der Waals surface area contributed by atoms with Crippen LogP contribution in [0.5, 0.6) is 0 Å². The molecule has 0 aromatic rings. The van der Waals surface area contributed by atoms with E-state index in [4.69, 9.17) is 10.2 Å². The van der Waals surface area contributed by atoms with Gasteiger partial charge in [-0.25, -0.2) is 0 Å². The Hall–Kier alpha value is -0.340. The molecule has 0 unspecified atom stereocenters. The van der Waals surface area contributed by atoms with E-state index in [1.165, 1.54) is 0 Å². The highest BCUT2D eigenvalue weighted by atomic mass is 16.3. The molecule has 8 heavy (non-hydrogen) atoms. The van der Waals surface area contributed by atoms with E-state index in [0.717, 1.165) is 5.57 Å². The summed E-state index contributed by atoms with van der Waals surface area (Å²) in [6.45, 7) is 1.90. The van der Waals surface area contributed by atoms with Crippen LogP contribution < -0.4 is 0 Å². The van der Waals surface area contributed by atoms with E-state index >= 15 is 0 Å². The lowest BCUT2D eigenvalue weighted by Gasteiger charge is -2.03. The minimum Gasteiger partial charge on any atom is -0.390 e. The third-order valence-corrected chi connectivity index (χ3v) is 1.38. The highest BCUT2D eigenvalue weighted by Crippen LogP contribution is 2.17. The Morgan fingerprint density at radius 1 is 1.62 bits per heavy atom. The Bertz CT molecular complexity index is 118. The molecule has 2 heteroatoms. The van der Waals surface area contributed by atoms with Gasteiger partial charge in [0.05, 0.1) is 12.2 Å². The monoisotopic (exact) mass is 114 g/mol. The largest absolute Gasteiger partial charge is 0.390 e. The van der Waals surface area contributed by atoms with Gasteiger partial charge in [-0.15, -0.1) is 0 Å². The lowest BCUT2D eigenvalue weighted by atomic mass is 10.2. The topological polar surface area (TPSA) is 40.5 Å². The van der Waals surface area contributed by atoms with Crippen LogP contribution in [0, 0.1) is 0 Å². The van der Waals surface area contributed by atoms with Crippen LogP contribution in [-0.4, -0.2) is 22.4 Å². The van der Waals surface area contributed by atoms with Crippen molar-refractivity contribution >= 4 is 0 Å². The molecule has 0 amide bonds. The standard InChI is InChI=1S/C6H10O2/c1-4-2-5(7)6(8)3-4/h2,5-8H,3H2,1H3/t5-,6+/m0/s1. The van der Waals surface area contributed by atoms with E-state index < -0.39 is 12.2 Å². The Morgan fingerprint density at radius 3 is 2.38 bits per heavy atom. The zero-order chi connectivity index (χ0) is 6.15. The average Bonchev–Trinajstić information content (AvgIpc) is 1.85. The first-order valence-electron chi connectivity index (χ1n) is 2.73. The van der Waals surface area contributed by atoms with Gasteiger partial charge >= 0.3 is 0 Å². The summed E-state index contributed by atoms with van der Waals surface area (Å²) in [5.41, 5.74) is 1.07. The minimum absolute atomic E-state index is 0.546. The summed E-state index contributed by atoms with van der Waals surface area (Å²) in [6.07, 6.45) is 1.15. The Labute approximate surface area is 48.5 Å². The second kappa shape index (κ2) is 1.88. The summed E-state index contributed by atoms with van der Waals surface area (Å²) in [5, 5.41) is 17.7. The molecular formula is C6H10O2. The summed E-state index contributed by atoms with van der Waals surface area (Å²) < 4.78 is 0. The third-order valence-electron chi connectivity index (χ3n) is 1.38. The molecule has 0 saturated heterocycles. The van der Waals surface area contributed by atoms with Crippen LogP contribution in [0.25, 0.3) is 0 Å². The van der Waals surface area contributed by atoms with Gasteiger partial charge in [-0.05, 0) is 13.3 Å². The molecule has 1 aliphatic carbocycles. The predicted molar refractivity (Wildman–Crippen MR) is 30.4 cm³/mol. The molecule has 0 spiro atoms. The van der Waals surface area contributed by atoms with Crippen LogP contribution in [0.15, 0.2) is 11.6 Å². The molecule has 0 aromatic carbocycles. The molecule has 46 valence electrons. The molecular weight excluding hydrogens is 104 g/mol. The zero-order valence-electron chi connectivity index (χ0n) is 4.83. The van der Waals surface area contributed by atoms with Crippen LogP contribution in [0.4, 0.5) is 0 Å². The highest BCUT2D eigenvalue weighted by Gasteiger charge is 2.20. The van der Waals surface area contributed by atoms with E-state index in [1.807, 2.05) is 6.92 Å². The summed E-state index contributed by atoms with van der Waals surface area (Å²) in [4.78, 5) is 0. The molecule has 0 fully saturated rings. The van der Waals surface area contributed by atoms with Crippen molar-refractivity contribution in [3.63, 3.8) is 0 Å². The van der Waals surface area contributed by atoms with Gasteiger partial charge in [0.1, 0.15) is 0 Å². The quantitative estimate of drug-likeness (QED) is 0.437. The molecule has 0 aromatic heterocycles. The minimum atomic E-state index is -0.616. The maximum atomic E-state index is 8.87. The van der Waals surface area contributed by atoms with Crippen LogP contribution in [0.1, 0.15) is 13.3 Å². The molecule has 2 atom stereocenters. The Kier molecular flexibility index (Phi) is 1.36. The first kappa shape index (κ1) is 5.79. The molecule has 1 aliphatic rings. The summed E-state index contributed by atoms with van der Waals surface area (Å²) >= 11 is 0. The summed E-state index contributed by atoms with van der Waals surface area (Å²) in [5.74, 6) is 0. The SMILES string of the molecule is CC1=C[C@H](O)[C@H](O)C1. The van der Waals surface area contributed by atoms with Crippen molar-refractivity contribution in [1.29, 1.82) is 0 Å². The lowest BCUT2D eigenvalue weighted by Crippen LogP contribution is -2.17. The molecule has 1 rings (SSSR count). The molecule has 0 saturated carbocycles. The van der Waals surface area contributed by atoms with Gasteiger partial charge in [0.25, 0.3) is 0 Å². The van der Waals surface area contributed by atoms with Crippen LogP contribution in [0.2, 0.25) is 0 Å². The molecule has 0 bridgehead atoms. The van der Waals surface area contributed by atoms with Crippen molar-refractivity contribution in [3.05, 3.63) is 11.6 Å². The summed E-state index contributed by atoms with van der Waals surface area (Å²) in [6, 6.07) is 0. The lowest BCUT2D eigenvalue weighted by molar-refractivity contribution is 0.0606. The molecule has 0 radical (unpaired) electrons. The van der Waals surface area contributed by atoms with Crippen molar-refractivity contribution in [2.75, 3.05) is 0 Å². The maximum absolute atomic E-state index is 8.87. The smallest absolute Gasteiger partial charge is 0.0985 e. The number of aliphatic hydroxyl groups excluding tert-OH is 2. The van der Waals surface area contributed by atoms with Gasteiger partial charge in [-0.3, -0.25) is 0 Å². The van der Waals surface area contributed by atoms with Crippen molar-refractivity contribution in [2.24, 2.45) is 0 Å². The first-order chi connectivity index (χ1) is 3.70. The first-order valence-corrected chi connectivity index (χ1v) is 2.73. The molecule has 0 heterocycles. The predicted octanol–water partition coefficient (Wildman–Crippen LogP) is 0.0582. The van der Waals surface area contributed by atoms with Gasteiger partial charge in [0.15, 0.2) is 0 Å². The average molecular weight is 114 g/mol. The number of aliphatic hydroxyl groups is 2. The van der Waals surface area contributed by atoms with Crippen LogP contribution in [-0.2, 0) is 0 Å². The Balaban J connectivity index is 2.56. The van der Waals surface area contributed by atoms with Crippen LogP contribution >= 0.6 is 0 Å². The molecule has 0 aliphatic heterocycles. The van der Waals surface area contributed by atoms with E-state index in [9.17, 15) is 0 Å². The zero-order valence-corrected chi connectivity index (χ0v) is 4.83. The molecule has 2 nitrogen and oxygen atoms in total. The van der Waals surface area contributed by atoms with Crippen molar-refractivity contribution < 1.29 is 10.2 Å². The van der Waals surface area contributed by atoms with Gasteiger partial charge in [0.2, 0.25) is 0 Å². The molecule has 2 N–H and O–H groups in total. The highest BCUT2D eigenvalue weighted by molar-refractivity contribution is 5.12. The fraction of sp³-hybridized carbons (Fsp3) is 0.667. The van der Waals surface area contributed by atoms with Crippen molar-refractivity contribution in [3.8, 4) is 0 Å². The Morgan fingerprint density at radius 2 is 2.25 bits per heavy atom.